The van der Waals surface area contributed by atoms with Crippen molar-refractivity contribution in [3.05, 3.63) is 16.1 Å². The maximum atomic E-state index is 11.9. The van der Waals surface area contributed by atoms with Gasteiger partial charge < -0.3 is 15.7 Å². The lowest BCUT2D eigenvalue weighted by Crippen LogP contribution is -2.28. The van der Waals surface area contributed by atoms with E-state index in [0.29, 0.717) is 18.8 Å². The lowest BCUT2D eigenvalue weighted by atomic mass is 10.2. The van der Waals surface area contributed by atoms with Crippen LogP contribution in [0, 0.1) is 0 Å². The molecule has 3 N–H and O–H groups in total. The van der Waals surface area contributed by atoms with Gasteiger partial charge in [-0.25, -0.2) is 4.98 Å². The number of nitrogens with zero attached hydrogens (tertiary/aromatic N) is 2. The summed E-state index contributed by atoms with van der Waals surface area (Å²) in [6, 6.07) is 0. The minimum Gasteiger partial charge on any atom is -0.396 e. The molecule has 1 amide bonds. The smallest absolute Gasteiger partial charge is 0.273 e. The van der Waals surface area contributed by atoms with Gasteiger partial charge in [-0.1, -0.05) is 0 Å². The number of thiazole rings is 1. The van der Waals surface area contributed by atoms with E-state index < -0.39 is 0 Å². The zero-order valence-electron chi connectivity index (χ0n) is 10.1. The molecule has 0 fully saturated rings. The number of unbranched alkanes of at least 4 members (excludes halogenated alkanes) is 2. The number of hydrogen-bond donors (Lipinski definition) is 2. The molecular formula is C11H19N3O2S. The second-order valence-corrected chi connectivity index (χ2v) is 4.78. The van der Waals surface area contributed by atoms with E-state index in [9.17, 15) is 4.79 Å². The van der Waals surface area contributed by atoms with E-state index in [0.717, 1.165) is 24.3 Å². The van der Waals surface area contributed by atoms with Gasteiger partial charge in [-0.15, -0.1) is 11.3 Å². The first-order valence-corrected chi connectivity index (χ1v) is 6.57. The first-order chi connectivity index (χ1) is 8.19. The van der Waals surface area contributed by atoms with Crippen molar-refractivity contribution in [2.45, 2.75) is 25.8 Å². The topological polar surface area (TPSA) is 79.5 Å². The van der Waals surface area contributed by atoms with Gasteiger partial charge in [0.05, 0.1) is 0 Å². The van der Waals surface area contributed by atoms with Crippen molar-refractivity contribution in [2.75, 3.05) is 20.2 Å². The molecule has 96 valence electrons. The molecule has 5 nitrogen and oxygen atoms in total. The van der Waals surface area contributed by atoms with Crippen molar-refractivity contribution >= 4 is 17.2 Å². The number of aromatic nitrogens is 1. The molecule has 0 spiro atoms. The van der Waals surface area contributed by atoms with Gasteiger partial charge in [0.1, 0.15) is 10.7 Å². The molecule has 0 aliphatic rings. The Morgan fingerprint density at radius 1 is 1.53 bits per heavy atom. The van der Waals surface area contributed by atoms with Crippen molar-refractivity contribution in [1.82, 2.24) is 9.88 Å². The highest BCUT2D eigenvalue weighted by Crippen LogP contribution is 2.11. The Morgan fingerprint density at radius 3 is 2.88 bits per heavy atom. The molecule has 17 heavy (non-hydrogen) atoms. The van der Waals surface area contributed by atoms with Crippen LogP contribution < -0.4 is 5.73 Å². The maximum Gasteiger partial charge on any atom is 0.273 e. The van der Waals surface area contributed by atoms with Crippen LogP contribution in [0.1, 0.15) is 34.8 Å². The summed E-state index contributed by atoms with van der Waals surface area (Å²) in [6.45, 7) is 1.27. The van der Waals surface area contributed by atoms with Gasteiger partial charge in [-0.3, -0.25) is 4.79 Å². The summed E-state index contributed by atoms with van der Waals surface area (Å²) < 4.78 is 0. The summed E-state index contributed by atoms with van der Waals surface area (Å²) in [7, 11) is 1.77. The third-order valence-corrected chi connectivity index (χ3v) is 3.31. The summed E-state index contributed by atoms with van der Waals surface area (Å²) in [5.41, 5.74) is 5.92. The predicted molar refractivity (Wildman–Crippen MR) is 67.9 cm³/mol. The van der Waals surface area contributed by atoms with Crippen LogP contribution in [0.2, 0.25) is 0 Å². The number of carbonyl (C=O) groups excluding carboxylic acids is 1. The first-order valence-electron chi connectivity index (χ1n) is 5.69. The van der Waals surface area contributed by atoms with E-state index in [1.54, 1.807) is 17.3 Å². The molecule has 0 saturated heterocycles. The van der Waals surface area contributed by atoms with Gasteiger partial charge in [0.15, 0.2) is 0 Å². The Balaban J connectivity index is 2.40. The zero-order valence-corrected chi connectivity index (χ0v) is 10.9. The Hall–Kier alpha value is -0.980. The Morgan fingerprint density at radius 2 is 2.29 bits per heavy atom. The highest BCUT2D eigenvalue weighted by atomic mass is 32.1. The summed E-state index contributed by atoms with van der Waals surface area (Å²) in [6.07, 6.45) is 2.62. The maximum absolute atomic E-state index is 11.9. The molecule has 1 aromatic heterocycles. The van der Waals surface area contributed by atoms with E-state index >= 15 is 0 Å². The average Bonchev–Trinajstić information content (AvgIpc) is 2.82. The first kappa shape index (κ1) is 14.1. The standard InChI is InChI=1S/C11H19N3O2S/c1-14(5-3-2-4-6-15)11(16)9-8-17-10(7-12)13-9/h8,15H,2-7,12H2,1H3. The van der Waals surface area contributed by atoms with Crippen LogP contribution in [0.3, 0.4) is 0 Å². The molecule has 1 heterocycles. The van der Waals surface area contributed by atoms with Gasteiger partial charge in [0, 0.05) is 32.1 Å². The number of aliphatic hydroxyl groups excluding tert-OH is 1. The fraction of sp³-hybridized carbons (Fsp3) is 0.636. The Bertz CT molecular complexity index is 354. The summed E-state index contributed by atoms with van der Waals surface area (Å²) in [4.78, 5) is 17.7. The minimum atomic E-state index is -0.0649. The van der Waals surface area contributed by atoms with Crippen LogP contribution in [0.25, 0.3) is 0 Å². The Labute approximate surface area is 105 Å². The molecule has 0 aliphatic heterocycles. The molecule has 0 aromatic carbocycles. The molecule has 0 atom stereocenters. The number of amides is 1. The van der Waals surface area contributed by atoms with Gasteiger partial charge in [0.25, 0.3) is 5.91 Å². The van der Waals surface area contributed by atoms with E-state index in [1.165, 1.54) is 11.3 Å². The van der Waals surface area contributed by atoms with Crippen LogP contribution in [0.15, 0.2) is 5.38 Å². The van der Waals surface area contributed by atoms with Crippen LogP contribution in [0.5, 0.6) is 0 Å². The van der Waals surface area contributed by atoms with Crippen molar-refractivity contribution in [3.8, 4) is 0 Å². The largest absolute Gasteiger partial charge is 0.396 e. The molecule has 0 bridgehead atoms. The fourth-order valence-electron chi connectivity index (χ4n) is 1.44. The summed E-state index contributed by atoms with van der Waals surface area (Å²) in [5, 5.41) is 11.2. The van der Waals surface area contributed by atoms with Gasteiger partial charge in [-0.05, 0) is 19.3 Å². The molecule has 0 unspecified atom stereocenters. The molecule has 0 radical (unpaired) electrons. The van der Waals surface area contributed by atoms with Crippen molar-refractivity contribution in [3.63, 3.8) is 0 Å². The molecule has 0 saturated carbocycles. The van der Waals surface area contributed by atoms with E-state index in [1.807, 2.05) is 0 Å². The van der Waals surface area contributed by atoms with Crippen molar-refractivity contribution < 1.29 is 9.90 Å². The number of nitrogens with two attached hydrogens (primary N) is 1. The van der Waals surface area contributed by atoms with Gasteiger partial charge in [0.2, 0.25) is 0 Å². The van der Waals surface area contributed by atoms with Crippen molar-refractivity contribution in [1.29, 1.82) is 0 Å². The lowest BCUT2D eigenvalue weighted by molar-refractivity contribution is 0.0787. The fourth-order valence-corrected chi connectivity index (χ4v) is 2.09. The SMILES string of the molecule is CN(CCCCCO)C(=O)c1csc(CN)n1. The molecule has 6 heteroatoms. The number of aliphatic hydroxyl groups is 1. The second kappa shape index (κ2) is 7.37. The lowest BCUT2D eigenvalue weighted by Gasteiger charge is -2.15. The van der Waals surface area contributed by atoms with Crippen LogP contribution >= 0.6 is 11.3 Å². The monoisotopic (exact) mass is 257 g/mol. The molecular weight excluding hydrogens is 238 g/mol. The zero-order chi connectivity index (χ0) is 12.7. The minimum absolute atomic E-state index is 0.0649. The summed E-state index contributed by atoms with van der Waals surface area (Å²) >= 11 is 1.41. The van der Waals surface area contributed by atoms with Gasteiger partial charge in [-0.2, -0.15) is 0 Å². The van der Waals surface area contributed by atoms with Crippen LogP contribution in [-0.4, -0.2) is 41.1 Å². The summed E-state index contributed by atoms with van der Waals surface area (Å²) in [5.74, 6) is -0.0649. The normalized spacial score (nSPS) is 10.5. The van der Waals surface area contributed by atoms with Crippen LogP contribution in [-0.2, 0) is 6.54 Å². The quantitative estimate of drug-likeness (QED) is 0.709. The third kappa shape index (κ3) is 4.41. The van der Waals surface area contributed by atoms with E-state index in [2.05, 4.69) is 4.98 Å². The molecule has 0 aliphatic carbocycles. The highest BCUT2D eigenvalue weighted by molar-refractivity contribution is 7.09. The van der Waals surface area contributed by atoms with E-state index in [4.69, 9.17) is 10.8 Å². The second-order valence-electron chi connectivity index (χ2n) is 3.84. The number of rotatable bonds is 7. The molecule has 1 rings (SSSR count). The number of carbonyl (C=O) groups is 1. The van der Waals surface area contributed by atoms with Crippen molar-refractivity contribution in [2.24, 2.45) is 5.73 Å². The van der Waals surface area contributed by atoms with E-state index in [-0.39, 0.29) is 12.5 Å². The van der Waals surface area contributed by atoms with Gasteiger partial charge >= 0.3 is 0 Å². The highest BCUT2D eigenvalue weighted by Gasteiger charge is 2.14. The Kier molecular flexibility index (Phi) is 6.10. The molecule has 1 aromatic rings. The third-order valence-electron chi connectivity index (χ3n) is 2.44. The number of hydrogen-bond acceptors (Lipinski definition) is 5. The average molecular weight is 257 g/mol. The van der Waals surface area contributed by atoms with Crippen LogP contribution in [0.4, 0.5) is 0 Å². The predicted octanol–water partition coefficient (Wildman–Crippen LogP) is 0.836.